The molecule has 3 heterocycles. The Bertz CT molecular complexity index is 5780. The van der Waals surface area contributed by atoms with Crippen LogP contribution < -0.4 is 54.3 Å². The van der Waals surface area contributed by atoms with Gasteiger partial charge in [0.25, 0.3) is 0 Å². The molecule has 10 aromatic rings. The van der Waals surface area contributed by atoms with E-state index in [-0.39, 0.29) is 11.1 Å². The largest absolute Gasteiger partial charge is 0.444 e. The first-order valence-corrected chi connectivity index (χ1v) is 45.5. The van der Waals surface area contributed by atoms with Gasteiger partial charge in [-0.05, 0) is 105 Å². The van der Waals surface area contributed by atoms with Crippen LogP contribution in [0, 0.1) is 245 Å². The fourth-order valence-electron chi connectivity index (χ4n) is 21.2. The van der Waals surface area contributed by atoms with Crippen molar-refractivity contribution in [2.24, 2.45) is 0 Å². The van der Waals surface area contributed by atoms with E-state index >= 15 is 176 Å². The molecule has 13 rings (SSSR count). The van der Waals surface area contributed by atoms with Crippen LogP contribution in [0.2, 0.25) is 12.6 Å². The van der Waals surface area contributed by atoms with E-state index in [1.807, 2.05) is 0 Å². The summed E-state index contributed by atoms with van der Waals surface area (Å²) in [5, 5.41) is -3.03. The molecular formula is C88H62B4F40O2P2. The van der Waals surface area contributed by atoms with Crippen molar-refractivity contribution in [2.75, 3.05) is 24.6 Å². The molecule has 3 aliphatic heterocycles. The maximum absolute atomic E-state index is 19.5. The van der Waals surface area contributed by atoms with Gasteiger partial charge in [-0.1, -0.05) is 129 Å². The molecule has 4 bridgehead atoms. The Morgan fingerprint density at radius 3 is 0.478 bits per heavy atom. The average Bonchev–Trinajstić information content (AvgIpc) is 1.44. The highest BCUT2D eigenvalue weighted by molar-refractivity contribution is 8.18. The molecule has 0 radical (unpaired) electrons. The van der Waals surface area contributed by atoms with Crippen molar-refractivity contribution in [3.8, 4) is 0 Å². The lowest BCUT2D eigenvalue weighted by molar-refractivity contribution is 0.346. The minimum Gasteiger partial charge on any atom is -0.436 e. The van der Waals surface area contributed by atoms with Crippen molar-refractivity contribution in [3.05, 3.63) is 302 Å². The van der Waals surface area contributed by atoms with Crippen LogP contribution in [-0.4, -0.2) is 49.1 Å². The topological polar surface area (TPSA) is 18.5 Å². The van der Waals surface area contributed by atoms with E-state index in [1.54, 1.807) is 0 Å². The molecule has 2 unspecified atom stereocenters. The van der Waals surface area contributed by atoms with E-state index in [4.69, 9.17) is 9.31 Å². The molecule has 3 saturated heterocycles. The summed E-state index contributed by atoms with van der Waals surface area (Å²) in [6, 6.07) is -2.99. The van der Waals surface area contributed by atoms with Gasteiger partial charge in [0.15, 0.2) is 140 Å². The lowest BCUT2D eigenvalue weighted by Gasteiger charge is -2.52. The van der Waals surface area contributed by atoms with Crippen LogP contribution in [0.5, 0.6) is 0 Å². The first-order chi connectivity index (χ1) is 63.0. The maximum atomic E-state index is 19.5. The molecule has 136 heavy (non-hydrogen) atoms. The van der Waals surface area contributed by atoms with Crippen LogP contribution in [0.25, 0.3) is 0 Å². The Hall–Kier alpha value is -9.82. The van der Waals surface area contributed by atoms with Crippen molar-refractivity contribution < 1.29 is 185 Å². The predicted molar refractivity (Wildman–Crippen MR) is 427 cm³/mol. The smallest absolute Gasteiger partial charge is 0.436 e. The van der Waals surface area contributed by atoms with E-state index in [0.717, 1.165) is 79.7 Å². The van der Waals surface area contributed by atoms with Crippen molar-refractivity contribution in [1.29, 1.82) is 0 Å². The summed E-state index contributed by atoms with van der Waals surface area (Å²) in [4.78, 5) is 0. The number of hydrogen-bond acceptors (Lipinski definition) is 2. The second-order valence-electron chi connectivity index (χ2n) is 35.7. The molecule has 728 valence electrons. The summed E-state index contributed by atoms with van der Waals surface area (Å²) in [6.45, 7) is 12.0. The Morgan fingerprint density at radius 2 is 0.338 bits per heavy atom. The average molecular weight is 2020 g/mol. The fraction of sp³-hybridized carbons (Fsp3) is 0.295. The van der Waals surface area contributed by atoms with Crippen LogP contribution >= 0.6 is 14.3 Å². The molecule has 3 fully saturated rings. The summed E-state index contributed by atoms with van der Waals surface area (Å²) in [5.41, 5.74) is -32.8. The summed E-state index contributed by atoms with van der Waals surface area (Å²) < 4.78 is 738. The number of benzene rings is 10. The van der Waals surface area contributed by atoms with Gasteiger partial charge in [0.05, 0.1) is 22.9 Å². The first-order valence-electron chi connectivity index (χ1n) is 41.0. The zero-order valence-corrected chi connectivity index (χ0v) is 73.4. The lowest BCUT2D eigenvalue weighted by Crippen LogP contribution is -2.75. The molecule has 10 aromatic carbocycles. The van der Waals surface area contributed by atoms with E-state index in [1.165, 1.54) is 27.7 Å². The molecule has 0 saturated carbocycles. The second-order valence-corrected chi connectivity index (χ2v) is 44.0. The minimum atomic E-state index is -7.57. The van der Waals surface area contributed by atoms with E-state index in [0.29, 0.717) is 0 Å². The zero-order valence-electron chi connectivity index (χ0n) is 71.6. The molecule has 0 N–H and O–H groups in total. The highest BCUT2D eigenvalue weighted by Crippen LogP contribution is 2.79. The van der Waals surface area contributed by atoms with Gasteiger partial charge >= 0.3 is 11.7 Å². The molecule has 0 spiro atoms. The summed E-state index contributed by atoms with van der Waals surface area (Å²) in [5.74, 6) is -176. The molecule has 0 amide bonds. The van der Waals surface area contributed by atoms with Gasteiger partial charge < -0.3 is 9.31 Å². The van der Waals surface area contributed by atoms with E-state index < -0.39 is 446 Å². The van der Waals surface area contributed by atoms with Gasteiger partial charge in [0.2, 0.25) is 12.7 Å². The monoisotopic (exact) mass is 2020 g/mol. The van der Waals surface area contributed by atoms with Crippen molar-refractivity contribution in [1.82, 2.24) is 0 Å². The lowest BCUT2D eigenvalue weighted by atomic mass is 9.27. The van der Waals surface area contributed by atoms with Gasteiger partial charge in [0, 0.05) is 24.3 Å². The highest BCUT2D eigenvalue weighted by Gasteiger charge is 2.82. The van der Waals surface area contributed by atoms with Crippen LogP contribution in [-0.2, 0) is 9.31 Å². The Balaban J connectivity index is 1.54. The minimum absolute atomic E-state index is 0.268. The van der Waals surface area contributed by atoms with Crippen molar-refractivity contribution >= 4 is 93.0 Å². The Labute approximate surface area is 746 Å². The molecule has 3 aliphatic rings. The summed E-state index contributed by atoms with van der Waals surface area (Å²) in [7, 11) is -14.9. The quantitative estimate of drug-likeness (QED) is 0.0240. The van der Waals surface area contributed by atoms with Crippen LogP contribution in [0.15, 0.2) is 24.3 Å². The van der Waals surface area contributed by atoms with Crippen LogP contribution in [0.4, 0.5) is 176 Å². The standard InChI is InChI=1S/C88H62B4F40O2P2/c1-25(2)31-21-33(27(5)6)87(34(22-31)28(7)8)135-17-13-37(91(135,43-55(101)71(117)83(129)72(118)56(43)102)44-57(103)73(119)84(130)74(120)58(44)104)133-90(41-51(97)67(113)81(127)68(114)52(41)98,42-53(99)69(115)82(128)70(116)54(42)100)16-20-136(88-35(29(9)10)23-32(26(3)4)24-36(88)30(11)12)18-14-38(92(136,45-59(105)75(121)85(131)76(122)60(45)106)46-61(107)77(123)86(132)78(124)62(46)108)134-89(15-19-135,39-47(93)63(109)79(125)64(110)48(39)94)40-49(95)65(111)80(126)66(112)50(40)96/h21-30H,13-20H2,1-12H3. The predicted octanol–water partition coefficient (Wildman–Crippen LogP) is 23.0. The number of halogens is 40. The molecule has 0 aromatic heterocycles. The highest BCUT2D eigenvalue weighted by atomic mass is 31.2. The van der Waals surface area contributed by atoms with E-state index in [9.17, 15) is 0 Å². The van der Waals surface area contributed by atoms with Gasteiger partial charge in [-0.2, -0.15) is 0 Å². The number of fused-ring (bicyclic) bond motifs is 4. The molecule has 2 atom stereocenters. The Kier molecular flexibility index (Phi) is 27.3. The first kappa shape index (κ1) is 104. The fourth-order valence-corrected chi connectivity index (χ4v) is 35.4. The zero-order chi connectivity index (χ0) is 102. The molecule has 48 heteroatoms. The summed E-state index contributed by atoms with van der Waals surface area (Å²) >= 11 is 0. The van der Waals surface area contributed by atoms with Gasteiger partial charge in [-0.15, -0.1) is 12.6 Å². The second kappa shape index (κ2) is 35.8. The van der Waals surface area contributed by atoms with Crippen LogP contribution in [0.3, 0.4) is 0 Å². The van der Waals surface area contributed by atoms with Gasteiger partial charge in [0.1, 0.15) is 106 Å². The van der Waals surface area contributed by atoms with Gasteiger partial charge in [-0.25, -0.2) is 176 Å². The third-order valence-electron chi connectivity index (χ3n) is 27.1. The number of rotatable bonds is 16. The maximum Gasteiger partial charge on any atom is 0.444 e. The van der Waals surface area contributed by atoms with Crippen molar-refractivity contribution in [2.45, 2.75) is 144 Å². The van der Waals surface area contributed by atoms with Crippen LogP contribution in [0.1, 0.15) is 165 Å². The van der Waals surface area contributed by atoms with E-state index in [2.05, 4.69) is 0 Å². The molecular weight excluding hydrogens is 1950 g/mol. The third-order valence-corrected chi connectivity index (χ3v) is 38.6. The van der Waals surface area contributed by atoms with Gasteiger partial charge in [-0.3, -0.25) is 0 Å². The SMILES string of the molecule is CC(C)c1cc(C(C)C)c([P+]23CC[C+](O[B-](c4c(F)c(F)c(F)c(F)c4F)(c4c(F)c(F)c(F)c(F)c4F)CC[P+]4(c5c(C(C)C)cc(C(C)C)cc5C(C)C)CC[C+](O[B-](c5c(F)c(F)c(F)c(F)c5F)(c5c(F)c(F)c(F)c(F)c5F)CC2)[B-]4(c2c(F)c(F)c(F)c(F)c2F)c2c(F)c(F)c(F)c(F)c2F)[B-]3(c2c(F)c(F)c(F)c(F)c2F)c2c(F)c(F)c(F)c(F)c2F)c(C(C)C)c1. The Morgan fingerprint density at radius 1 is 0.199 bits per heavy atom. The summed E-state index contributed by atoms with van der Waals surface area (Å²) in [6.07, 6.45) is -38.1. The van der Waals surface area contributed by atoms with Crippen molar-refractivity contribution in [3.63, 3.8) is 0 Å². The molecule has 0 aliphatic carbocycles. The third kappa shape index (κ3) is 14.2. The number of hydrogen-bond donors (Lipinski definition) is 0. The molecule has 2 nitrogen and oxygen atoms in total. The normalized spacial score (nSPS) is 17.9.